The Morgan fingerprint density at radius 1 is 1.37 bits per heavy atom. The molecule has 3 aromatic rings. The highest BCUT2D eigenvalue weighted by Crippen LogP contribution is 2.32. The van der Waals surface area contributed by atoms with Gasteiger partial charge >= 0.3 is 0 Å². The fourth-order valence-corrected chi connectivity index (χ4v) is 4.95. The summed E-state index contributed by atoms with van der Waals surface area (Å²) < 4.78 is 12.6. The molecule has 0 fully saturated rings. The molecule has 0 saturated carbocycles. The lowest BCUT2D eigenvalue weighted by Gasteiger charge is -2.21. The zero-order chi connectivity index (χ0) is 19.6. The van der Waals surface area contributed by atoms with E-state index in [2.05, 4.69) is 29.3 Å². The molecule has 0 unspecified atom stereocenters. The number of methoxy groups -OCH3 is 1. The van der Waals surface area contributed by atoms with Gasteiger partial charge in [-0.25, -0.2) is 4.98 Å². The quantitative estimate of drug-likeness (QED) is 0.554. The number of rotatable bonds is 7. The number of thioether (sulfide) groups is 1. The lowest BCUT2D eigenvalue weighted by molar-refractivity contribution is 0.0207. The van der Waals surface area contributed by atoms with Crippen LogP contribution in [0.1, 0.15) is 42.1 Å². The highest BCUT2D eigenvalue weighted by Gasteiger charge is 2.18. The van der Waals surface area contributed by atoms with E-state index in [-0.39, 0.29) is 11.5 Å². The maximum absolute atomic E-state index is 12.5. The maximum atomic E-state index is 12.5. The minimum atomic E-state index is -0.216. The Kier molecular flexibility index (Phi) is 5.88. The molecule has 144 valence electrons. The third-order valence-corrected chi connectivity index (χ3v) is 6.53. The molecule has 3 rings (SSSR count). The van der Waals surface area contributed by atoms with Crippen molar-refractivity contribution < 1.29 is 14.1 Å². The van der Waals surface area contributed by atoms with E-state index in [1.807, 2.05) is 18.2 Å². The predicted molar refractivity (Wildman–Crippen MR) is 110 cm³/mol. The van der Waals surface area contributed by atoms with Crippen molar-refractivity contribution >= 4 is 44.9 Å². The third kappa shape index (κ3) is 4.69. The first-order valence-electron chi connectivity index (χ1n) is 8.62. The van der Waals surface area contributed by atoms with Gasteiger partial charge in [-0.3, -0.25) is 4.79 Å². The first kappa shape index (κ1) is 19.9. The molecule has 0 atom stereocenters. The van der Waals surface area contributed by atoms with Crippen molar-refractivity contribution in [2.75, 3.05) is 18.2 Å². The SMILES string of the molecule is COC(C)(C)CCSc1nc2ccc(NC(=O)c3c(C)noc3C)cc2s1. The maximum Gasteiger partial charge on any atom is 0.261 e. The zero-order valence-corrected chi connectivity index (χ0v) is 17.7. The van der Waals surface area contributed by atoms with Gasteiger partial charge < -0.3 is 14.6 Å². The zero-order valence-electron chi connectivity index (χ0n) is 16.1. The van der Waals surface area contributed by atoms with E-state index >= 15 is 0 Å². The molecule has 2 heterocycles. The summed E-state index contributed by atoms with van der Waals surface area (Å²) in [4.78, 5) is 17.1. The first-order valence-corrected chi connectivity index (χ1v) is 10.4. The van der Waals surface area contributed by atoms with Gasteiger partial charge in [0.25, 0.3) is 5.91 Å². The van der Waals surface area contributed by atoms with E-state index < -0.39 is 0 Å². The fraction of sp³-hybridized carbons (Fsp3) is 0.421. The summed E-state index contributed by atoms with van der Waals surface area (Å²) in [5, 5.41) is 6.74. The lowest BCUT2D eigenvalue weighted by Crippen LogP contribution is -2.22. The molecule has 0 radical (unpaired) electrons. The summed E-state index contributed by atoms with van der Waals surface area (Å²) in [7, 11) is 1.74. The molecule has 1 amide bonds. The molecule has 0 spiro atoms. The average Bonchev–Trinajstić information content (AvgIpc) is 3.16. The molecule has 0 aliphatic rings. The molecule has 6 nitrogen and oxygen atoms in total. The standard InChI is InChI=1S/C19H23N3O3S2/c1-11-16(12(2)25-22-11)17(23)20-13-6-7-14-15(10-13)27-18(21-14)26-9-8-19(3,4)24-5/h6-7,10H,8-9H2,1-5H3,(H,20,23). The largest absolute Gasteiger partial charge is 0.379 e. The second kappa shape index (κ2) is 8.00. The number of nitrogens with one attached hydrogen (secondary N) is 1. The van der Waals surface area contributed by atoms with E-state index in [1.165, 1.54) is 0 Å². The topological polar surface area (TPSA) is 77.2 Å². The Morgan fingerprint density at radius 2 is 2.15 bits per heavy atom. The number of nitrogens with zero attached hydrogens (tertiary/aromatic N) is 2. The van der Waals surface area contributed by atoms with Gasteiger partial charge in [-0.1, -0.05) is 16.9 Å². The third-order valence-electron chi connectivity index (χ3n) is 4.37. The number of carbonyl (C=O) groups is 1. The Morgan fingerprint density at radius 3 is 2.81 bits per heavy atom. The van der Waals surface area contributed by atoms with Gasteiger partial charge in [0.15, 0.2) is 4.34 Å². The van der Waals surface area contributed by atoms with Crippen molar-refractivity contribution in [2.24, 2.45) is 0 Å². The van der Waals surface area contributed by atoms with Crippen LogP contribution in [0.15, 0.2) is 27.1 Å². The first-order chi connectivity index (χ1) is 12.8. The van der Waals surface area contributed by atoms with Gasteiger partial charge in [0, 0.05) is 18.6 Å². The molecular formula is C19H23N3O3S2. The number of thiazole rings is 1. The number of fused-ring (bicyclic) bond motifs is 1. The van der Waals surface area contributed by atoms with Crippen LogP contribution >= 0.6 is 23.1 Å². The van der Waals surface area contributed by atoms with Gasteiger partial charge in [0.1, 0.15) is 11.3 Å². The second-order valence-corrected chi connectivity index (χ2v) is 9.25. The average molecular weight is 406 g/mol. The Bertz CT molecular complexity index is 943. The van der Waals surface area contributed by atoms with Crippen LogP contribution in [0.5, 0.6) is 0 Å². The van der Waals surface area contributed by atoms with Crippen molar-refractivity contribution in [3.63, 3.8) is 0 Å². The van der Waals surface area contributed by atoms with Crippen LogP contribution in [0.4, 0.5) is 5.69 Å². The van der Waals surface area contributed by atoms with Crippen LogP contribution in [-0.2, 0) is 4.74 Å². The smallest absolute Gasteiger partial charge is 0.261 e. The summed E-state index contributed by atoms with van der Waals surface area (Å²) in [6, 6.07) is 5.74. The number of aryl methyl sites for hydroxylation is 2. The molecule has 1 N–H and O–H groups in total. The van der Waals surface area contributed by atoms with Crippen molar-refractivity contribution in [1.82, 2.24) is 10.1 Å². The van der Waals surface area contributed by atoms with Crippen LogP contribution in [0.25, 0.3) is 10.2 Å². The van der Waals surface area contributed by atoms with Gasteiger partial charge in [0.05, 0.1) is 21.5 Å². The number of anilines is 1. The van der Waals surface area contributed by atoms with E-state index in [9.17, 15) is 4.79 Å². The minimum absolute atomic E-state index is 0.126. The number of carbonyl (C=O) groups excluding carboxylic acids is 1. The summed E-state index contributed by atoms with van der Waals surface area (Å²) >= 11 is 3.36. The molecule has 27 heavy (non-hydrogen) atoms. The molecule has 0 bridgehead atoms. The van der Waals surface area contributed by atoms with Crippen molar-refractivity contribution in [1.29, 1.82) is 0 Å². The highest BCUT2D eigenvalue weighted by atomic mass is 32.2. The van der Waals surface area contributed by atoms with E-state index in [1.54, 1.807) is 44.1 Å². The predicted octanol–water partition coefficient (Wildman–Crippen LogP) is 5.06. The lowest BCUT2D eigenvalue weighted by atomic mass is 10.1. The van der Waals surface area contributed by atoms with E-state index in [0.29, 0.717) is 17.0 Å². The second-order valence-electron chi connectivity index (χ2n) is 6.88. The molecule has 1 aromatic carbocycles. The summed E-state index contributed by atoms with van der Waals surface area (Å²) in [5.74, 6) is 1.24. The van der Waals surface area contributed by atoms with Gasteiger partial charge in [-0.15, -0.1) is 11.3 Å². The number of amides is 1. The van der Waals surface area contributed by atoms with Crippen LogP contribution < -0.4 is 5.32 Å². The van der Waals surface area contributed by atoms with Crippen LogP contribution in [-0.4, -0.2) is 34.5 Å². The number of benzene rings is 1. The number of hydrogen-bond acceptors (Lipinski definition) is 7. The van der Waals surface area contributed by atoms with Crippen LogP contribution in [0.3, 0.4) is 0 Å². The molecule has 0 aliphatic heterocycles. The molecule has 2 aromatic heterocycles. The van der Waals surface area contributed by atoms with E-state index in [0.717, 1.165) is 32.4 Å². The number of ether oxygens (including phenoxy) is 1. The van der Waals surface area contributed by atoms with Crippen molar-refractivity contribution in [3.05, 3.63) is 35.2 Å². The van der Waals surface area contributed by atoms with Gasteiger partial charge in [0.2, 0.25) is 0 Å². The number of aromatic nitrogens is 2. The minimum Gasteiger partial charge on any atom is -0.379 e. The highest BCUT2D eigenvalue weighted by molar-refractivity contribution is 8.01. The van der Waals surface area contributed by atoms with E-state index in [4.69, 9.17) is 9.26 Å². The molecule has 0 aliphatic carbocycles. The van der Waals surface area contributed by atoms with Crippen LogP contribution in [0.2, 0.25) is 0 Å². The number of hydrogen-bond donors (Lipinski definition) is 1. The van der Waals surface area contributed by atoms with Crippen LogP contribution in [0, 0.1) is 13.8 Å². The Balaban J connectivity index is 1.69. The molecule has 0 saturated heterocycles. The van der Waals surface area contributed by atoms with Gasteiger partial charge in [-0.2, -0.15) is 0 Å². The van der Waals surface area contributed by atoms with Crippen molar-refractivity contribution in [3.8, 4) is 0 Å². The monoisotopic (exact) mass is 405 g/mol. The normalized spacial score (nSPS) is 11.9. The summed E-state index contributed by atoms with van der Waals surface area (Å²) in [5.41, 5.74) is 2.61. The summed E-state index contributed by atoms with van der Waals surface area (Å²) in [6.45, 7) is 7.65. The Hall–Kier alpha value is -1.90. The Labute approximate surface area is 166 Å². The van der Waals surface area contributed by atoms with Gasteiger partial charge in [-0.05, 0) is 52.3 Å². The summed E-state index contributed by atoms with van der Waals surface area (Å²) in [6.07, 6.45) is 0.947. The van der Waals surface area contributed by atoms with Crippen molar-refractivity contribution in [2.45, 2.75) is 44.1 Å². The molecular weight excluding hydrogens is 382 g/mol. The fourth-order valence-electron chi connectivity index (χ4n) is 2.53. The molecule has 8 heteroatoms.